The summed E-state index contributed by atoms with van der Waals surface area (Å²) in [5.74, 6) is 1.90. The van der Waals surface area contributed by atoms with Gasteiger partial charge in [0.15, 0.2) is 0 Å². The van der Waals surface area contributed by atoms with Gasteiger partial charge in [0.2, 0.25) is 0 Å². The smallest absolute Gasteiger partial charge is 0.0555 e. The monoisotopic (exact) mass is 163 g/mol. The predicted octanol–water partition coefficient (Wildman–Crippen LogP) is 0.567. The van der Waals surface area contributed by atoms with E-state index in [1.54, 1.807) is 0 Å². The summed E-state index contributed by atoms with van der Waals surface area (Å²) in [6, 6.07) is 0. The van der Waals surface area contributed by atoms with E-state index in [-0.39, 0.29) is 6.61 Å². The van der Waals surface area contributed by atoms with Crippen LogP contribution in [0.4, 0.5) is 0 Å². The quantitative estimate of drug-likeness (QED) is 0.561. The summed E-state index contributed by atoms with van der Waals surface area (Å²) in [4.78, 5) is 0. The van der Waals surface area contributed by atoms with Crippen LogP contribution in [-0.2, 0) is 0 Å². The van der Waals surface area contributed by atoms with Gasteiger partial charge in [0.05, 0.1) is 6.61 Å². The van der Waals surface area contributed by atoms with Gasteiger partial charge in [-0.25, -0.2) is 0 Å². The number of rotatable bonds is 6. The van der Waals surface area contributed by atoms with Crippen molar-refractivity contribution in [1.82, 2.24) is 5.32 Å². The molecule has 0 aliphatic rings. The molecule has 0 aromatic rings. The Kier molecular flexibility index (Phi) is 7.58. The molecule has 0 rings (SSSR count). The molecule has 0 aliphatic heterocycles. The van der Waals surface area contributed by atoms with Gasteiger partial charge in [-0.05, 0) is 24.5 Å². The van der Waals surface area contributed by atoms with E-state index in [1.807, 2.05) is 11.8 Å². The molecule has 0 fully saturated rings. The van der Waals surface area contributed by atoms with E-state index in [4.69, 9.17) is 5.11 Å². The molecule has 0 aliphatic carbocycles. The molecule has 3 heteroatoms. The Morgan fingerprint density at radius 3 is 2.80 bits per heavy atom. The molecule has 10 heavy (non-hydrogen) atoms. The van der Waals surface area contributed by atoms with Crippen LogP contribution in [0.25, 0.3) is 0 Å². The molecule has 2 nitrogen and oxygen atoms in total. The molecule has 0 saturated carbocycles. The van der Waals surface area contributed by atoms with E-state index in [2.05, 4.69) is 18.5 Å². The fraction of sp³-hybridized carbons (Fsp3) is 1.00. The lowest BCUT2D eigenvalue weighted by molar-refractivity contribution is 0.290. The molecular weight excluding hydrogens is 146 g/mol. The highest BCUT2D eigenvalue weighted by molar-refractivity contribution is 7.98. The lowest BCUT2D eigenvalue weighted by Gasteiger charge is -2.09. The first-order chi connectivity index (χ1) is 4.81. The number of nitrogens with one attached hydrogen (secondary N) is 1. The molecule has 0 radical (unpaired) electrons. The van der Waals surface area contributed by atoms with E-state index in [1.165, 1.54) is 5.75 Å². The number of hydrogen-bond acceptors (Lipinski definition) is 3. The van der Waals surface area contributed by atoms with Gasteiger partial charge >= 0.3 is 0 Å². The van der Waals surface area contributed by atoms with Crippen LogP contribution in [0, 0.1) is 5.92 Å². The number of hydrogen-bond donors (Lipinski definition) is 2. The maximum Gasteiger partial charge on any atom is 0.0555 e. The molecule has 62 valence electrons. The van der Waals surface area contributed by atoms with Crippen LogP contribution >= 0.6 is 11.8 Å². The van der Waals surface area contributed by atoms with Crippen LogP contribution in [-0.4, -0.2) is 36.8 Å². The fourth-order valence-corrected chi connectivity index (χ4v) is 1.46. The van der Waals surface area contributed by atoms with Crippen LogP contribution in [0.15, 0.2) is 0 Å². The minimum atomic E-state index is 0.242. The maximum atomic E-state index is 8.44. The van der Waals surface area contributed by atoms with Crippen molar-refractivity contribution < 1.29 is 5.11 Å². The number of aliphatic hydroxyl groups is 1. The van der Waals surface area contributed by atoms with Gasteiger partial charge in [-0.15, -0.1) is 0 Å². The molecule has 0 amide bonds. The van der Waals surface area contributed by atoms with Gasteiger partial charge in [0.1, 0.15) is 0 Å². The average molecular weight is 163 g/mol. The third-order valence-corrected chi connectivity index (χ3v) is 2.13. The van der Waals surface area contributed by atoms with Gasteiger partial charge in [-0.2, -0.15) is 11.8 Å². The molecule has 0 saturated heterocycles. The van der Waals surface area contributed by atoms with Crippen molar-refractivity contribution in [3.05, 3.63) is 0 Å². The second-order valence-electron chi connectivity index (χ2n) is 2.49. The maximum absolute atomic E-state index is 8.44. The van der Waals surface area contributed by atoms with Crippen LogP contribution < -0.4 is 5.32 Å². The van der Waals surface area contributed by atoms with Crippen molar-refractivity contribution in [2.24, 2.45) is 5.92 Å². The summed E-state index contributed by atoms with van der Waals surface area (Å²) in [6.07, 6.45) is 2.11. The van der Waals surface area contributed by atoms with E-state index in [9.17, 15) is 0 Å². The average Bonchev–Trinajstić information content (AvgIpc) is 1.89. The van der Waals surface area contributed by atoms with Gasteiger partial charge < -0.3 is 10.4 Å². The van der Waals surface area contributed by atoms with Crippen LogP contribution in [0.2, 0.25) is 0 Å². The first-order valence-corrected chi connectivity index (χ1v) is 5.01. The van der Waals surface area contributed by atoms with Gasteiger partial charge in [-0.1, -0.05) is 6.92 Å². The summed E-state index contributed by atoms with van der Waals surface area (Å²) >= 11 is 1.87. The Morgan fingerprint density at radius 1 is 1.60 bits per heavy atom. The zero-order valence-electron chi connectivity index (χ0n) is 6.76. The molecule has 0 bridgehead atoms. The number of aliphatic hydroxyl groups excluding tert-OH is 1. The second-order valence-corrected chi connectivity index (χ2v) is 3.40. The highest BCUT2D eigenvalue weighted by Gasteiger charge is 1.97. The minimum Gasteiger partial charge on any atom is -0.395 e. The van der Waals surface area contributed by atoms with Crippen LogP contribution in [0.3, 0.4) is 0 Å². The predicted molar refractivity (Wildman–Crippen MR) is 47.5 cm³/mol. The molecule has 0 aromatic carbocycles. The summed E-state index contributed by atoms with van der Waals surface area (Å²) in [5, 5.41) is 11.6. The van der Waals surface area contributed by atoms with E-state index in [0.29, 0.717) is 5.92 Å². The molecule has 0 aromatic heterocycles. The summed E-state index contributed by atoms with van der Waals surface area (Å²) in [5.41, 5.74) is 0. The third kappa shape index (κ3) is 6.39. The SMILES string of the molecule is CSCC(C)CNCCO. The van der Waals surface area contributed by atoms with Crippen molar-refractivity contribution in [2.45, 2.75) is 6.92 Å². The summed E-state index contributed by atoms with van der Waals surface area (Å²) in [7, 11) is 0. The Labute approximate surface area is 67.4 Å². The van der Waals surface area contributed by atoms with Gasteiger partial charge in [0, 0.05) is 6.54 Å². The molecule has 1 unspecified atom stereocenters. The van der Waals surface area contributed by atoms with Crippen molar-refractivity contribution in [3.8, 4) is 0 Å². The third-order valence-electron chi connectivity index (χ3n) is 1.23. The normalized spacial score (nSPS) is 13.5. The molecule has 1 atom stereocenters. The van der Waals surface area contributed by atoms with Crippen molar-refractivity contribution in [2.75, 3.05) is 31.7 Å². The Hall–Kier alpha value is 0.270. The van der Waals surface area contributed by atoms with Gasteiger partial charge in [-0.3, -0.25) is 0 Å². The zero-order valence-corrected chi connectivity index (χ0v) is 7.58. The lowest BCUT2D eigenvalue weighted by atomic mass is 10.2. The van der Waals surface area contributed by atoms with Crippen molar-refractivity contribution in [1.29, 1.82) is 0 Å². The second kappa shape index (κ2) is 7.38. The molecular formula is C7H17NOS. The Bertz CT molecular complexity index is 70.6. The molecule has 0 spiro atoms. The standard InChI is InChI=1S/C7H17NOS/c1-7(6-10-2)5-8-3-4-9/h7-9H,3-6H2,1-2H3. The Morgan fingerprint density at radius 2 is 2.30 bits per heavy atom. The first kappa shape index (κ1) is 10.3. The summed E-state index contributed by atoms with van der Waals surface area (Å²) < 4.78 is 0. The molecule has 0 heterocycles. The topological polar surface area (TPSA) is 32.3 Å². The zero-order chi connectivity index (χ0) is 7.82. The summed E-state index contributed by atoms with van der Waals surface area (Å²) in [6.45, 7) is 4.19. The lowest BCUT2D eigenvalue weighted by Crippen LogP contribution is -2.25. The van der Waals surface area contributed by atoms with E-state index >= 15 is 0 Å². The van der Waals surface area contributed by atoms with E-state index < -0.39 is 0 Å². The largest absolute Gasteiger partial charge is 0.395 e. The van der Waals surface area contributed by atoms with Crippen LogP contribution in [0.5, 0.6) is 0 Å². The highest BCUT2D eigenvalue weighted by Crippen LogP contribution is 2.01. The van der Waals surface area contributed by atoms with Crippen molar-refractivity contribution >= 4 is 11.8 Å². The Balaban J connectivity index is 2.97. The minimum absolute atomic E-state index is 0.242. The highest BCUT2D eigenvalue weighted by atomic mass is 32.2. The fourth-order valence-electron chi connectivity index (χ4n) is 0.771. The van der Waals surface area contributed by atoms with E-state index in [0.717, 1.165) is 13.1 Å². The molecule has 2 N–H and O–H groups in total. The van der Waals surface area contributed by atoms with Crippen molar-refractivity contribution in [3.63, 3.8) is 0 Å². The van der Waals surface area contributed by atoms with Gasteiger partial charge in [0.25, 0.3) is 0 Å². The van der Waals surface area contributed by atoms with Crippen LogP contribution in [0.1, 0.15) is 6.92 Å². The number of thioether (sulfide) groups is 1. The first-order valence-electron chi connectivity index (χ1n) is 3.61.